The third-order valence-corrected chi connectivity index (χ3v) is 4.90. The SMILES string of the molecule is CCC1(C(=O)NCc2ccc(OCCCC(=O)O)cc2)CCCC1. The highest BCUT2D eigenvalue weighted by atomic mass is 16.5. The number of carbonyl (C=O) groups excluding carboxylic acids is 1. The first-order chi connectivity index (χ1) is 11.6. The third kappa shape index (κ3) is 4.98. The first-order valence-electron chi connectivity index (χ1n) is 8.77. The van der Waals surface area contributed by atoms with Crippen LogP contribution < -0.4 is 10.1 Å². The lowest BCUT2D eigenvalue weighted by Gasteiger charge is -2.26. The van der Waals surface area contributed by atoms with Gasteiger partial charge in [0.1, 0.15) is 5.75 Å². The summed E-state index contributed by atoms with van der Waals surface area (Å²) >= 11 is 0. The molecule has 1 amide bonds. The highest BCUT2D eigenvalue weighted by molar-refractivity contribution is 5.82. The van der Waals surface area contributed by atoms with Crippen molar-refractivity contribution in [1.82, 2.24) is 5.32 Å². The minimum absolute atomic E-state index is 0.114. The van der Waals surface area contributed by atoms with Crippen molar-refractivity contribution < 1.29 is 19.4 Å². The molecule has 132 valence electrons. The summed E-state index contributed by atoms with van der Waals surface area (Å²) in [6.45, 7) is 3.02. The van der Waals surface area contributed by atoms with Crippen molar-refractivity contribution in [3.05, 3.63) is 29.8 Å². The molecule has 0 bridgehead atoms. The molecule has 0 saturated heterocycles. The van der Waals surface area contributed by atoms with Crippen molar-refractivity contribution in [3.8, 4) is 5.75 Å². The van der Waals surface area contributed by atoms with Gasteiger partial charge in [-0.15, -0.1) is 0 Å². The zero-order valence-corrected chi connectivity index (χ0v) is 14.3. The lowest BCUT2D eigenvalue weighted by atomic mass is 9.82. The number of aliphatic carboxylic acids is 1. The maximum absolute atomic E-state index is 12.5. The lowest BCUT2D eigenvalue weighted by Crippen LogP contribution is -2.38. The van der Waals surface area contributed by atoms with Crippen LogP contribution in [0.15, 0.2) is 24.3 Å². The van der Waals surface area contributed by atoms with Crippen molar-refractivity contribution in [3.63, 3.8) is 0 Å². The first kappa shape index (κ1) is 18.3. The smallest absolute Gasteiger partial charge is 0.303 e. The second-order valence-electron chi connectivity index (χ2n) is 6.51. The number of nitrogens with one attached hydrogen (secondary N) is 1. The van der Waals surface area contributed by atoms with Gasteiger partial charge in [-0.25, -0.2) is 0 Å². The average molecular weight is 333 g/mol. The standard InChI is InChI=1S/C19H27NO4/c1-2-19(11-3-4-12-19)18(23)20-14-15-7-9-16(10-8-15)24-13-5-6-17(21)22/h7-10H,2-6,11-14H2,1H3,(H,20,23)(H,21,22). The minimum atomic E-state index is -0.809. The molecule has 0 radical (unpaired) electrons. The van der Waals surface area contributed by atoms with Crippen molar-refractivity contribution in [2.45, 2.75) is 58.4 Å². The van der Waals surface area contributed by atoms with Crippen LogP contribution in [0.1, 0.15) is 57.4 Å². The zero-order chi connectivity index (χ0) is 17.4. The van der Waals surface area contributed by atoms with Crippen LogP contribution in [0.25, 0.3) is 0 Å². The summed E-state index contributed by atoms with van der Waals surface area (Å²) in [6.07, 6.45) is 5.80. The molecule has 2 N–H and O–H groups in total. The fourth-order valence-corrected chi connectivity index (χ4v) is 3.28. The van der Waals surface area contributed by atoms with E-state index in [0.29, 0.717) is 19.6 Å². The first-order valence-corrected chi connectivity index (χ1v) is 8.77. The Morgan fingerprint density at radius 1 is 1.21 bits per heavy atom. The number of carboxylic acids is 1. The Kier molecular flexibility index (Phi) is 6.64. The van der Waals surface area contributed by atoms with E-state index in [9.17, 15) is 9.59 Å². The molecule has 5 nitrogen and oxygen atoms in total. The van der Waals surface area contributed by atoms with Gasteiger partial charge in [0.15, 0.2) is 0 Å². The van der Waals surface area contributed by atoms with E-state index in [1.54, 1.807) is 0 Å². The van der Waals surface area contributed by atoms with E-state index in [2.05, 4.69) is 12.2 Å². The van der Waals surface area contributed by atoms with E-state index >= 15 is 0 Å². The number of carboxylic acid groups (broad SMARTS) is 1. The Hall–Kier alpha value is -2.04. The van der Waals surface area contributed by atoms with Crippen molar-refractivity contribution in [2.75, 3.05) is 6.61 Å². The number of ether oxygens (including phenoxy) is 1. The van der Waals surface area contributed by atoms with E-state index in [0.717, 1.165) is 43.4 Å². The van der Waals surface area contributed by atoms with Crippen LogP contribution in [0, 0.1) is 5.41 Å². The molecule has 24 heavy (non-hydrogen) atoms. The molecule has 0 heterocycles. The van der Waals surface area contributed by atoms with E-state index in [4.69, 9.17) is 9.84 Å². The van der Waals surface area contributed by atoms with Gasteiger partial charge in [0.25, 0.3) is 0 Å². The Labute approximate surface area is 143 Å². The predicted molar refractivity (Wildman–Crippen MR) is 91.8 cm³/mol. The number of hydrogen-bond acceptors (Lipinski definition) is 3. The fraction of sp³-hybridized carbons (Fsp3) is 0.579. The Balaban J connectivity index is 1.77. The maximum atomic E-state index is 12.5. The number of amides is 1. The molecule has 1 aliphatic rings. The molecule has 1 fully saturated rings. The summed E-state index contributed by atoms with van der Waals surface area (Å²) in [4.78, 5) is 22.9. The van der Waals surface area contributed by atoms with Crippen molar-refractivity contribution >= 4 is 11.9 Å². The van der Waals surface area contributed by atoms with Gasteiger partial charge in [-0.2, -0.15) is 0 Å². The van der Waals surface area contributed by atoms with Crippen LogP contribution >= 0.6 is 0 Å². The highest BCUT2D eigenvalue weighted by Gasteiger charge is 2.38. The number of carbonyl (C=O) groups is 2. The quantitative estimate of drug-likeness (QED) is 0.678. The highest BCUT2D eigenvalue weighted by Crippen LogP contribution is 2.41. The molecule has 0 spiro atoms. The monoisotopic (exact) mass is 333 g/mol. The molecule has 5 heteroatoms. The largest absolute Gasteiger partial charge is 0.494 e. The van der Waals surface area contributed by atoms with E-state index in [1.807, 2.05) is 24.3 Å². The molecule has 1 aromatic rings. The fourth-order valence-electron chi connectivity index (χ4n) is 3.28. The Morgan fingerprint density at radius 2 is 1.88 bits per heavy atom. The van der Waals surface area contributed by atoms with Crippen LogP contribution in [-0.4, -0.2) is 23.6 Å². The van der Waals surface area contributed by atoms with Crippen LogP contribution in [0.4, 0.5) is 0 Å². The molecule has 1 aromatic carbocycles. The normalized spacial score (nSPS) is 15.9. The molecule has 0 aliphatic heterocycles. The number of hydrogen-bond donors (Lipinski definition) is 2. The van der Waals surface area contributed by atoms with Crippen LogP contribution in [0.3, 0.4) is 0 Å². The van der Waals surface area contributed by atoms with Gasteiger partial charge in [0, 0.05) is 18.4 Å². The molecular formula is C19H27NO4. The maximum Gasteiger partial charge on any atom is 0.303 e. The zero-order valence-electron chi connectivity index (χ0n) is 14.3. The minimum Gasteiger partial charge on any atom is -0.494 e. The molecule has 0 atom stereocenters. The van der Waals surface area contributed by atoms with Gasteiger partial charge in [0.2, 0.25) is 5.91 Å². The van der Waals surface area contributed by atoms with Crippen molar-refractivity contribution in [2.24, 2.45) is 5.41 Å². The third-order valence-electron chi connectivity index (χ3n) is 4.90. The second kappa shape index (κ2) is 8.71. The van der Waals surface area contributed by atoms with Gasteiger partial charge < -0.3 is 15.2 Å². The van der Waals surface area contributed by atoms with E-state index in [-0.39, 0.29) is 17.7 Å². The Bertz CT molecular complexity index is 547. The summed E-state index contributed by atoms with van der Waals surface area (Å²) < 4.78 is 5.50. The summed E-state index contributed by atoms with van der Waals surface area (Å²) in [7, 11) is 0. The average Bonchev–Trinajstić information content (AvgIpc) is 3.08. The summed E-state index contributed by atoms with van der Waals surface area (Å²) in [6, 6.07) is 7.57. The van der Waals surface area contributed by atoms with Crippen LogP contribution in [-0.2, 0) is 16.1 Å². The van der Waals surface area contributed by atoms with E-state index in [1.165, 1.54) is 0 Å². The van der Waals surface area contributed by atoms with Gasteiger partial charge >= 0.3 is 5.97 Å². The van der Waals surface area contributed by atoms with Gasteiger partial charge in [-0.05, 0) is 43.4 Å². The topological polar surface area (TPSA) is 75.6 Å². The molecular weight excluding hydrogens is 306 g/mol. The number of benzene rings is 1. The molecule has 0 unspecified atom stereocenters. The van der Waals surface area contributed by atoms with Gasteiger partial charge in [0.05, 0.1) is 6.61 Å². The molecule has 0 aromatic heterocycles. The Morgan fingerprint density at radius 3 is 2.46 bits per heavy atom. The van der Waals surface area contributed by atoms with Gasteiger partial charge in [-0.3, -0.25) is 9.59 Å². The molecule has 1 saturated carbocycles. The summed E-state index contributed by atoms with van der Waals surface area (Å²) in [5.74, 6) is 0.0876. The molecule has 2 rings (SSSR count). The predicted octanol–water partition coefficient (Wildman–Crippen LogP) is 3.52. The van der Waals surface area contributed by atoms with Crippen LogP contribution in [0.2, 0.25) is 0 Å². The number of rotatable bonds is 9. The second-order valence-corrected chi connectivity index (χ2v) is 6.51. The summed E-state index contributed by atoms with van der Waals surface area (Å²) in [5, 5.41) is 11.6. The van der Waals surface area contributed by atoms with Crippen molar-refractivity contribution in [1.29, 1.82) is 0 Å². The molecule has 1 aliphatic carbocycles. The lowest BCUT2D eigenvalue weighted by molar-refractivity contribution is -0.137. The van der Waals surface area contributed by atoms with E-state index < -0.39 is 5.97 Å². The summed E-state index contributed by atoms with van der Waals surface area (Å²) in [5.41, 5.74) is 0.873. The van der Waals surface area contributed by atoms with Gasteiger partial charge in [-0.1, -0.05) is 31.9 Å². The van der Waals surface area contributed by atoms with Crippen LogP contribution in [0.5, 0.6) is 5.75 Å².